The van der Waals surface area contributed by atoms with Gasteiger partial charge in [0.1, 0.15) is 17.2 Å². The summed E-state index contributed by atoms with van der Waals surface area (Å²) in [6, 6.07) is 26.0. The van der Waals surface area contributed by atoms with E-state index in [1.54, 1.807) is 21.3 Å². The lowest BCUT2D eigenvalue weighted by molar-refractivity contribution is 0.414. The average Bonchev–Trinajstić information content (AvgIpc) is 3.22. The lowest BCUT2D eigenvalue weighted by Crippen LogP contribution is -2.04. The van der Waals surface area contributed by atoms with Crippen molar-refractivity contribution in [3.8, 4) is 39.8 Å². The number of benzene rings is 3. The molecule has 0 aliphatic rings. The van der Waals surface area contributed by atoms with Crippen LogP contribution in [0.25, 0.3) is 22.5 Å². The van der Waals surface area contributed by atoms with Crippen molar-refractivity contribution >= 4 is 0 Å². The molecule has 1 heterocycles. The molecule has 0 N–H and O–H groups in total. The Bertz CT molecular complexity index is 1130. The van der Waals surface area contributed by atoms with Gasteiger partial charge >= 0.3 is 0 Å². The van der Waals surface area contributed by atoms with E-state index in [1.165, 1.54) is 0 Å². The van der Waals surface area contributed by atoms with Gasteiger partial charge in [-0.1, -0.05) is 36.4 Å². The predicted octanol–water partition coefficient (Wildman–Crippen LogP) is 5.29. The molecule has 0 spiro atoms. The standard InChI is InChI=1S/C25H24N2O3/c1-28-19-14-12-18(13-15-19)17-27-23(21-9-5-7-11-25(21)30-3)16-22(26-27)20-8-4-6-10-24(20)29-2/h4-16H,17H2,1-3H3. The summed E-state index contributed by atoms with van der Waals surface area (Å²) in [5.41, 5.74) is 4.89. The van der Waals surface area contributed by atoms with E-state index in [-0.39, 0.29) is 0 Å². The second kappa shape index (κ2) is 8.74. The maximum Gasteiger partial charge on any atom is 0.128 e. The van der Waals surface area contributed by atoms with Crippen molar-refractivity contribution in [1.29, 1.82) is 0 Å². The molecule has 0 radical (unpaired) electrons. The molecule has 152 valence electrons. The Morgan fingerprint density at radius 1 is 0.700 bits per heavy atom. The Morgan fingerprint density at radius 2 is 1.30 bits per heavy atom. The van der Waals surface area contributed by atoms with Gasteiger partial charge in [0.2, 0.25) is 0 Å². The second-order valence-corrected chi connectivity index (χ2v) is 6.82. The summed E-state index contributed by atoms with van der Waals surface area (Å²) in [7, 11) is 5.03. The van der Waals surface area contributed by atoms with E-state index in [0.29, 0.717) is 6.54 Å². The van der Waals surface area contributed by atoms with Crippen LogP contribution in [-0.4, -0.2) is 31.1 Å². The first-order chi connectivity index (χ1) is 14.7. The summed E-state index contributed by atoms with van der Waals surface area (Å²) in [6.07, 6.45) is 0. The van der Waals surface area contributed by atoms with Crippen molar-refractivity contribution in [3.63, 3.8) is 0 Å². The van der Waals surface area contributed by atoms with E-state index in [0.717, 1.165) is 45.3 Å². The van der Waals surface area contributed by atoms with Crippen LogP contribution in [0.5, 0.6) is 17.2 Å². The van der Waals surface area contributed by atoms with Crippen molar-refractivity contribution in [2.75, 3.05) is 21.3 Å². The summed E-state index contributed by atoms with van der Waals surface area (Å²) in [5, 5.41) is 4.93. The molecule has 0 fully saturated rings. The van der Waals surface area contributed by atoms with Gasteiger partial charge in [-0.15, -0.1) is 0 Å². The van der Waals surface area contributed by atoms with E-state index in [2.05, 4.69) is 18.2 Å². The highest BCUT2D eigenvalue weighted by molar-refractivity contribution is 5.75. The second-order valence-electron chi connectivity index (χ2n) is 6.82. The molecule has 3 aromatic carbocycles. The van der Waals surface area contributed by atoms with Crippen LogP contribution in [0.4, 0.5) is 0 Å². The molecule has 0 saturated heterocycles. The van der Waals surface area contributed by atoms with Crippen molar-refractivity contribution < 1.29 is 14.2 Å². The molecule has 4 rings (SSSR count). The average molecular weight is 400 g/mol. The molecule has 0 bridgehead atoms. The molecule has 0 saturated carbocycles. The molecule has 0 aliphatic carbocycles. The van der Waals surface area contributed by atoms with Gasteiger partial charge in [0, 0.05) is 11.1 Å². The Balaban J connectivity index is 1.83. The van der Waals surface area contributed by atoms with Gasteiger partial charge in [-0.2, -0.15) is 5.10 Å². The van der Waals surface area contributed by atoms with Gasteiger partial charge in [-0.05, 0) is 48.0 Å². The number of ether oxygens (including phenoxy) is 3. The Kier molecular flexibility index (Phi) is 5.70. The van der Waals surface area contributed by atoms with Crippen LogP contribution in [0.2, 0.25) is 0 Å². The fourth-order valence-electron chi connectivity index (χ4n) is 3.50. The minimum atomic E-state index is 0.618. The number of para-hydroxylation sites is 2. The molecule has 4 aromatic rings. The molecule has 0 unspecified atom stereocenters. The van der Waals surface area contributed by atoms with Crippen molar-refractivity contribution in [3.05, 3.63) is 84.4 Å². The SMILES string of the molecule is COc1ccc(Cn2nc(-c3ccccc3OC)cc2-c2ccccc2OC)cc1. The largest absolute Gasteiger partial charge is 0.497 e. The maximum absolute atomic E-state index is 5.61. The zero-order valence-corrected chi connectivity index (χ0v) is 17.3. The molecule has 0 atom stereocenters. The monoisotopic (exact) mass is 400 g/mol. The Morgan fingerprint density at radius 3 is 1.93 bits per heavy atom. The van der Waals surface area contributed by atoms with Crippen LogP contribution < -0.4 is 14.2 Å². The summed E-state index contributed by atoms with van der Waals surface area (Å²) < 4.78 is 18.4. The number of hydrogen-bond acceptors (Lipinski definition) is 4. The zero-order chi connectivity index (χ0) is 20.9. The summed E-state index contributed by atoms with van der Waals surface area (Å²) in [6.45, 7) is 0.618. The molecule has 0 aliphatic heterocycles. The summed E-state index contributed by atoms with van der Waals surface area (Å²) >= 11 is 0. The first-order valence-corrected chi connectivity index (χ1v) is 9.71. The van der Waals surface area contributed by atoms with Crippen LogP contribution in [0.15, 0.2) is 78.9 Å². The Labute approximate surface area is 176 Å². The normalized spacial score (nSPS) is 10.6. The summed E-state index contributed by atoms with van der Waals surface area (Å²) in [4.78, 5) is 0. The van der Waals surface area contributed by atoms with E-state index >= 15 is 0 Å². The highest BCUT2D eigenvalue weighted by Gasteiger charge is 2.17. The first kappa shape index (κ1) is 19.6. The van der Waals surface area contributed by atoms with Crippen LogP contribution in [0.3, 0.4) is 0 Å². The lowest BCUT2D eigenvalue weighted by atomic mass is 10.1. The van der Waals surface area contributed by atoms with E-state index < -0.39 is 0 Å². The third kappa shape index (κ3) is 3.87. The number of rotatable bonds is 7. The number of hydrogen-bond donors (Lipinski definition) is 0. The Hall–Kier alpha value is -3.73. The topological polar surface area (TPSA) is 45.5 Å². The highest BCUT2D eigenvalue weighted by atomic mass is 16.5. The van der Waals surface area contributed by atoms with Crippen LogP contribution in [-0.2, 0) is 6.54 Å². The lowest BCUT2D eigenvalue weighted by Gasteiger charge is -2.11. The minimum absolute atomic E-state index is 0.618. The molecule has 0 amide bonds. The number of nitrogens with zero attached hydrogens (tertiary/aromatic N) is 2. The highest BCUT2D eigenvalue weighted by Crippen LogP contribution is 2.35. The first-order valence-electron chi connectivity index (χ1n) is 9.71. The van der Waals surface area contributed by atoms with Gasteiger partial charge in [-0.25, -0.2) is 0 Å². The van der Waals surface area contributed by atoms with Gasteiger partial charge in [0.25, 0.3) is 0 Å². The van der Waals surface area contributed by atoms with Gasteiger partial charge in [0.05, 0.1) is 39.3 Å². The molecular formula is C25H24N2O3. The molecular weight excluding hydrogens is 376 g/mol. The van der Waals surface area contributed by atoms with Crippen molar-refractivity contribution in [2.45, 2.75) is 6.54 Å². The summed E-state index contributed by atoms with van der Waals surface area (Å²) in [5.74, 6) is 2.43. The predicted molar refractivity (Wildman–Crippen MR) is 118 cm³/mol. The van der Waals surface area contributed by atoms with E-state index in [9.17, 15) is 0 Å². The third-order valence-corrected chi connectivity index (χ3v) is 5.04. The van der Waals surface area contributed by atoms with Gasteiger partial charge < -0.3 is 14.2 Å². The molecule has 5 nitrogen and oxygen atoms in total. The van der Waals surface area contributed by atoms with Crippen LogP contribution in [0.1, 0.15) is 5.56 Å². The maximum atomic E-state index is 5.61. The van der Waals surface area contributed by atoms with Crippen LogP contribution in [0, 0.1) is 0 Å². The number of aromatic nitrogens is 2. The van der Waals surface area contributed by atoms with Crippen molar-refractivity contribution in [1.82, 2.24) is 9.78 Å². The number of methoxy groups -OCH3 is 3. The smallest absolute Gasteiger partial charge is 0.128 e. The van der Waals surface area contributed by atoms with Gasteiger partial charge in [0.15, 0.2) is 0 Å². The van der Waals surface area contributed by atoms with Crippen LogP contribution >= 0.6 is 0 Å². The van der Waals surface area contributed by atoms with Gasteiger partial charge in [-0.3, -0.25) is 4.68 Å². The van der Waals surface area contributed by atoms with E-state index in [1.807, 2.05) is 65.3 Å². The fraction of sp³-hybridized carbons (Fsp3) is 0.160. The third-order valence-electron chi connectivity index (χ3n) is 5.04. The quantitative estimate of drug-likeness (QED) is 0.423. The molecule has 1 aromatic heterocycles. The molecule has 5 heteroatoms. The van der Waals surface area contributed by atoms with E-state index in [4.69, 9.17) is 19.3 Å². The zero-order valence-electron chi connectivity index (χ0n) is 17.3. The fourth-order valence-corrected chi connectivity index (χ4v) is 3.50. The van der Waals surface area contributed by atoms with Crippen molar-refractivity contribution in [2.24, 2.45) is 0 Å². The molecule has 30 heavy (non-hydrogen) atoms. The minimum Gasteiger partial charge on any atom is -0.497 e.